The van der Waals surface area contributed by atoms with Gasteiger partial charge in [-0.1, -0.05) is 30.3 Å². The first kappa shape index (κ1) is 14.1. The third-order valence-electron chi connectivity index (χ3n) is 4.02. The third-order valence-corrected chi connectivity index (χ3v) is 4.02. The SMILES string of the molecule is CC1CNCCCN1C(=O)C(C)(C)c1ccccc1. The number of carbonyl (C=O) groups excluding carboxylic acids is 1. The Morgan fingerprint density at radius 3 is 2.68 bits per heavy atom. The average molecular weight is 260 g/mol. The molecule has 2 rings (SSSR count). The van der Waals surface area contributed by atoms with E-state index in [2.05, 4.69) is 12.2 Å². The van der Waals surface area contributed by atoms with E-state index in [9.17, 15) is 4.79 Å². The molecule has 0 bridgehead atoms. The van der Waals surface area contributed by atoms with Gasteiger partial charge in [0.25, 0.3) is 0 Å². The Morgan fingerprint density at radius 2 is 2.00 bits per heavy atom. The third kappa shape index (κ3) is 2.98. The monoisotopic (exact) mass is 260 g/mol. The summed E-state index contributed by atoms with van der Waals surface area (Å²) >= 11 is 0. The smallest absolute Gasteiger partial charge is 0.232 e. The summed E-state index contributed by atoms with van der Waals surface area (Å²) in [6.45, 7) is 8.91. The molecular formula is C16H24N2O. The van der Waals surface area contributed by atoms with Crippen LogP contribution in [-0.4, -0.2) is 36.5 Å². The Kier molecular flexibility index (Phi) is 4.25. The van der Waals surface area contributed by atoms with E-state index in [-0.39, 0.29) is 11.9 Å². The molecule has 1 fully saturated rings. The van der Waals surface area contributed by atoms with Crippen LogP contribution in [0, 0.1) is 0 Å². The fourth-order valence-corrected chi connectivity index (χ4v) is 2.65. The highest BCUT2D eigenvalue weighted by Crippen LogP contribution is 2.26. The molecule has 3 nitrogen and oxygen atoms in total. The van der Waals surface area contributed by atoms with E-state index in [1.54, 1.807) is 0 Å². The van der Waals surface area contributed by atoms with Crippen molar-refractivity contribution in [1.82, 2.24) is 10.2 Å². The van der Waals surface area contributed by atoms with E-state index >= 15 is 0 Å². The average Bonchev–Trinajstić information content (AvgIpc) is 2.63. The maximum absolute atomic E-state index is 12.9. The lowest BCUT2D eigenvalue weighted by Crippen LogP contribution is -2.49. The molecule has 1 saturated heterocycles. The molecule has 1 aromatic rings. The lowest BCUT2D eigenvalue weighted by molar-refractivity contribution is -0.138. The highest BCUT2D eigenvalue weighted by molar-refractivity contribution is 5.87. The van der Waals surface area contributed by atoms with Crippen molar-refractivity contribution >= 4 is 5.91 Å². The Labute approximate surface area is 116 Å². The number of nitrogens with one attached hydrogen (secondary N) is 1. The second-order valence-electron chi connectivity index (χ2n) is 5.90. The summed E-state index contributed by atoms with van der Waals surface area (Å²) in [6.07, 6.45) is 1.03. The molecule has 3 heteroatoms. The highest BCUT2D eigenvalue weighted by Gasteiger charge is 2.35. The Balaban J connectivity index is 2.22. The molecule has 1 aliphatic rings. The second-order valence-corrected chi connectivity index (χ2v) is 5.90. The zero-order valence-corrected chi connectivity index (χ0v) is 12.1. The van der Waals surface area contributed by atoms with E-state index in [1.807, 2.05) is 49.1 Å². The van der Waals surface area contributed by atoms with Crippen LogP contribution < -0.4 is 5.32 Å². The van der Waals surface area contributed by atoms with Gasteiger partial charge in [-0.2, -0.15) is 0 Å². The van der Waals surface area contributed by atoms with Crippen LogP contribution in [0.25, 0.3) is 0 Å². The van der Waals surface area contributed by atoms with E-state index < -0.39 is 5.41 Å². The van der Waals surface area contributed by atoms with Gasteiger partial charge in [-0.25, -0.2) is 0 Å². The van der Waals surface area contributed by atoms with Crippen LogP contribution >= 0.6 is 0 Å². The number of hydrogen-bond donors (Lipinski definition) is 1. The van der Waals surface area contributed by atoms with Crippen molar-refractivity contribution in [2.75, 3.05) is 19.6 Å². The molecule has 1 amide bonds. The van der Waals surface area contributed by atoms with Gasteiger partial charge in [0, 0.05) is 19.1 Å². The number of nitrogens with zero attached hydrogens (tertiary/aromatic N) is 1. The minimum atomic E-state index is -0.458. The molecular weight excluding hydrogens is 236 g/mol. The predicted molar refractivity (Wildman–Crippen MR) is 78.1 cm³/mol. The van der Waals surface area contributed by atoms with E-state index in [1.165, 1.54) is 0 Å². The molecule has 0 spiro atoms. The molecule has 1 unspecified atom stereocenters. The standard InChI is InChI=1S/C16H24N2O/c1-13-12-17-10-7-11-18(13)15(19)16(2,3)14-8-5-4-6-9-14/h4-6,8-9,13,17H,7,10-12H2,1-3H3. The molecule has 1 aliphatic heterocycles. The number of rotatable bonds is 2. The minimum absolute atomic E-state index is 0.231. The van der Waals surface area contributed by atoms with Crippen molar-refractivity contribution in [3.8, 4) is 0 Å². The summed E-state index contributed by atoms with van der Waals surface area (Å²) in [5.41, 5.74) is 0.629. The van der Waals surface area contributed by atoms with Crippen LogP contribution in [0.3, 0.4) is 0 Å². The molecule has 104 valence electrons. The van der Waals surface area contributed by atoms with Gasteiger partial charge in [0.1, 0.15) is 0 Å². The summed E-state index contributed by atoms with van der Waals surface area (Å²) < 4.78 is 0. The molecule has 1 heterocycles. The largest absolute Gasteiger partial charge is 0.338 e. The summed E-state index contributed by atoms with van der Waals surface area (Å²) in [5.74, 6) is 0.231. The molecule has 1 aromatic carbocycles. The van der Waals surface area contributed by atoms with Gasteiger partial charge in [-0.3, -0.25) is 4.79 Å². The molecule has 0 radical (unpaired) electrons. The number of benzene rings is 1. The van der Waals surface area contributed by atoms with E-state index in [0.29, 0.717) is 0 Å². The van der Waals surface area contributed by atoms with Gasteiger partial charge in [0.05, 0.1) is 5.41 Å². The van der Waals surface area contributed by atoms with Crippen LogP contribution in [0.1, 0.15) is 32.8 Å². The molecule has 0 aromatic heterocycles. The van der Waals surface area contributed by atoms with Gasteiger partial charge < -0.3 is 10.2 Å². The molecule has 0 aliphatic carbocycles. The normalized spacial score (nSPS) is 21.0. The fourth-order valence-electron chi connectivity index (χ4n) is 2.65. The van der Waals surface area contributed by atoms with Crippen molar-refractivity contribution in [1.29, 1.82) is 0 Å². The van der Waals surface area contributed by atoms with Crippen molar-refractivity contribution in [2.45, 2.75) is 38.6 Å². The Morgan fingerprint density at radius 1 is 1.32 bits per heavy atom. The topological polar surface area (TPSA) is 32.3 Å². The predicted octanol–water partition coefficient (Wildman–Crippen LogP) is 2.17. The first-order valence-electron chi connectivity index (χ1n) is 7.11. The summed E-state index contributed by atoms with van der Waals surface area (Å²) in [5, 5.41) is 3.38. The van der Waals surface area contributed by atoms with Crippen LogP contribution in [-0.2, 0) is 10.2 Å². The maximum Gasteiger partial charge on any atom is 0.232 e. The lowest BCUT2D eigenvalue weighted by atomic mass is 9.83. The lowest BCUT2D eigenvalue weighted by Gasteiger charge is -2.35. The summed E-state index contributed by atoms with van der Waals surface area (Å²) in [6, 6.07) is 10.3. The van der Waals surface area contributed by atoms with Gasteiger partial charge in [-0.15, -0.1) is 0 Å². The van der Waals surface area contributed by atoms with Crippen LogP contribution in [0.2, 0.25) is 0 Å². The molecule has 1 atom stereocenters. The van der Waals surface area contributed by atoms with Crippen LogP contribution in [0.4, 0.5) is 0 Å². The molecule has 0 saturated carbocycles. The van der Waals surface area contributed by atoms with Crippen molar-refractivity contribution in [3.63, 3.8) is 0 Å². The second kappa shape index (κ2) is 5.74. The maximum atomic E-state index is 12.9. The van der Waals surface area contributed by atoms with E-state index in [4.69, 9.17) is 0 Å². The molecule has 19 heavy (non-hydrogen) atoms. The fraction of sp³-hybridized carbons (Fsp3) is 0.562. The van der Waals surface area contributed by atoms with Crippen LogP contribution in [0.5, 0.6) is 0 Å². The number of hydrogen-bond acceptors (Lipinski definition) is 2. The van der Waals surface area contributed by atoms with Crippen LogP contribution in [0.15, 0.2) is 30.3 Å². The van der Waals surface area contributed by atoms with Crippen molar-refractivity contribution in [2.24, 2.45) is 0 Å². The van der Waals surface area contributed by atoms with Crippen molar-refractivity contribution in [3.05, 3.63) is 35.9 Å². The minimum Gasteiger partial charge on any atom is -0.338 e. The first-order chi connectivity index (χ1) is 9.03. The quantitative estimate of drug-likeness (QED) is 0.884. The summed E-state index contributed by atoms with van der Waals surface area (Å²) in [7, 11) is 0. The number of amides is 1. The van der Waals surface area contributed by atoms with Gasteiger partial charge in [0.15, 0.2) is 0 Å². The summed E-state index contributed by atoms with van der Waals surface area (Å²) in [4.78, 5) is 14.9. The molecule has 1 N–H and O–H groups in total. The van der Waals surface area contributed by atoms with Gasteiger partial charge in [0.2, 0.25) is 5.91 Å². The number of carbonyl (C=O) groups is 1. The Bertz CT molecular complexity index is 428. The highest BCUT2D eigenvalue weighted by atomic mass is 16.2. The van der Waals surface area contributed by atoms with E-state index in [0.717, 1.165) is 31.6 Å². The zero-order valence-electron chi connectivity index (χ0n) is 12.1. The van der Waals surface area contributed by atoms with Gasteiger partial charge >= 0.3 is 0 Å². The van der Waals surface area contributed by atoms with Gasteiger partial charge in [-0.05, 0) is 39.3 Å². The zero-order chi connectivity index (χ0) is 13.9. The first-order valence-corrected chi connectivity index (χ1v) is 7.11. The van der Waals surface area contributed by atoms with Crippen molar-refractivity contribution < 1.29 is 4.79 Å². The Hall–Kier alpha value is -1.35.